The highest BCUT2D eigenvalue weighted by atomic mass is 31.2. The number of phosphoric acid groups is 1. The molecule has 0 aromatic carbocycles. The number of nitrogens with two attached hydrogens (primary N) is 1. The van der Waals surface area contributed by atoms with Crippen LogP contribution in [0.15, 0.2) is 48.6 Å². The first-order valence-electron chi connectivity index (χ1n) is 19.7. The van der Waals surface area contributed by atoms with Crippen molar-refractivity contribution in [2.45, 2.75) is 167 Å². The first kappa shape index (κ1) is 49.4. The molecule has 0 saturated carbocycles. The Morgan fingerprint density at radius 1 is 0.615 bits per heavy atom. The van der Waals surface area contributed by atoms with Gasteiger partial charge in [-0.2, -0.15) is 0 Å². The predicted octanol–water partition coefficient (Wildman–Crippen LogP) is 9.83. The molecule has 0 aromatic rings. The van der Waals surface area contributed by atoms with Crippen molar-refractivity contribution in [1.29, 1.82) is 0 Å². The minimum absolute atomic E-state index is 0.115. The van der Waals surface area contributed by atoms with Crippen LogP contribution in [0, 0.1) is 0 Å². The Kier molecular flexibility index (Phi) is 33.7. The molecule has 0 saturated heterocycles. The van der Waals surface area contributed by atoms with Gasteiger partial charge in [-0.25, -0.2) is 4.57 Å². The molecule has 11 nitrogen and oxygen atoms in total. The molecule has 0 aromatic heterocycles. The van der Waals surface area contributed by atoms with Crippen molar-refractivity contribution in [2.24, 2.45) is 5.73 Å². The average Bonchev–Trinajstić information content (AvgIpc) is 3.12. The molecule has 0 spiro atoms. The van der Waals surface area contributed by atoms with E-state index in [1.807, 2.05) is 36.5 Å². The van der Waals surface area contributed by atoms with Crippen LogP contribution in [0.2, 0.25) is 0 Å². The Labute approximate surface area is 314 Å². The fourth-order valence-corrected chi connectivity index (χ4v) is 5.85. The van der Waals surface area contributed by atoms with E-state index in [1.165, 1.54) is 70.6 Å². The van der Waals surface area contributed by atoms with Crippen LogP contribution in [0.5, 0.6) is 0 Å². The summed E-state index contributed by atoms with van der Waals surface area (Å²) >= 11 is 0. The number of esters is 2. The number of rotatable bonds is 36. The molecule has 12 heteroatoms. The Balaban J connectivity index is 4.46. The third kappa shape index (κ3) is 34.5. The number of unbranched alkanes of at least 4 members (excludes halogenated alkanes) is 17. The normalized spacial score (nSPS) is 14.4. The molecular weight excluding hydrogens is 685 g/mol. The highest BCUT2D eigenvalue weighted by molar-refractivity contribution is 7.47. The standard InChI is InChI=1S/C40H70NO10P/c1-3-5-7-9-11-13-15-17-18-20-21-23-25-27-29-31-38(42)48-33-36(34-49-52(46,47)50-35-37(41)40(44)45)51-39(43)32-30-28-26-24-22-19-16-14-12-10-8-6-4-2/h6,8,10,12,14,16,19,22,36-37H,3-5,7,9,11,13,15,17-18,20-21,23-35,41H2,1-2H3,(H,44,45)(H,46,47)/b8-6+,12-10+,16-14+,22-19+/t36?,37-/m0/s1. The smallest absolute Gasteiger partial charge is 0.472 e. The van der Waals surface area contributed by atoms with E-state index in [4.69, 9.17) is 24.8 Å². The quantitative estimate of drug-likeness (QED) is 0.0241. The first-order valence-corrected chi connectivity index (χ1v) is 21.2. The van der Waals surface area contributed by atoms with Gasteiger partial charge < -0.3 is 25.2 Å². The molecule has 0 aliphatic heterocycles. The second-order valence-electron chi connectivity index (χ2n) is 13.1. The first-order chi connectivity index (χ1) is 25.1. The van der Waals surface area contributed by atoms with Gasteiger partial charge in [0.1, 0.15) is 12.6 Å². The van der Waals surface area contributed by atoms with Gasteiger partial charge in [0.25, 0.3) is 0 Å². The molecule has 2 unspecified atom stereocenters. The van der Waals surface area contributed by atoms with Gasteiger partial charge >= 0.3 is 25.7 Å². The minimum Gasteiger partial charge on any atom is -0.480 e. The summed E-state index contributed by atoms with van der Waals surface area (Å²) in [6, 6.07) is -1.53. The van der Waals surface area contributed by atoms with Gasteiger partial charge in [-0.1, -0.05) is 159 Å². The summed E-state index contributed by atoms with van der Waals surface area (Å²) in [6.07, 6.45) is 37.6. The van der Waals surface area contributed by atoms with Crippen LogP contribution in [0.3, 0.4) is 0 Å². The predicted molar refractivity (Wildman–Crippen MR) is 208 cm³/mol. The van der Waals surface area contributed by atoms with E-state index in [1.54, 1.807) is 0 Å². The number of hydrogen-bond donors (Lipinski definition) is 3. The zero-order valence-electron chi connectivity index (χ0n) is 32.1. The highest BCUT2D eigenvalue weighted by Crippen LogP contribution is 2.43. The van der Waals surface area contributed by atoms with Gasteiger partial charge in [-0.15, -0.1) is 0 Å². The van der Waals surface area contributed by atoms with Crippen molar-refractivity contribution in [3.63, 3.8) is 0 Å². The van der Waals surface area contributed by atoms with Gasteiger partial charge in [0.05, 0.1) is 13.2 Å². The van der Waals surface area contributed by atoms with Crippen molar-refractivity contribution in [3.8, 4) is 0 Å². The highest BCUT2D eigenvalue weighted by Gasteiger charge is 2.28. The molecule has 0 amide bonds. The maximum Gasteiger partial charge on any atom is 0.472 e. The number of carboxylic acids is 1. The summed E-state index contributed by atoms with van der Waals surface area (Å²) in [6.45, 7) is 2.60. The van der Waals surface area contributed by atoms with Gasteiger partial charge in [0.2, 0.25) is 0 Å². The number of hydrogen-bond acceptors (Lipinski definition) is 9. The molecular formula is C40H70NO10P. The minimum atomic E-state index is -4.72. The van der Waals surface area contributed by atoms with Crippen molar-refractivity contribution < 1.29 is 47.5 Å². The van der Waals surface area contributed by atoms with Crippen LogP contribution in [0.1, 0.15) is 155 Å². The number of carbonyl (C=O) groups excluding carboxylic acids is 2. The molecule has 0 rings (SSSR count). The zero-order valence-corrected chi connectivity index (χ0v) is 33.0. The average molecular weight is 756 g/mol. The van der Waals surface area contributed by atoms with Crippen LogP contribution < -0.4 is 5.73 Å². The van der Waals surface area contributed by atoms with Crippen LogP contribution in [0.4, 0.5) is 0 Å². The summed E-state index contributed by atoms with van der Waals surface area (Å²) in [5, 5.41) is 8.86. The van der Waals surface area contributed by atoms with E-state index in [0.29, 0.717) is 12.8 Å². The number of ether oxygens (including phenoxy) is 2. The topological polar surface area (TPSA) is 172 Å². The summed E-state index contributed by atoms with van der Waals surface area (Å²) in [5.74, 6) is -2.43. The van der Waals surface area contributed by atoms with Crippen LogP contribution in [-0.4, -0.2) is 59.9 Å². The maximum absolute atomic E-state index is 12.5. The van der Waals surface area contributed by atoms with Crippen molar-refractivity contribution >= 4 is 25.7 Å². The van der Waals surface area contributed by atoms with E-state index in [-0.39, 0.29) is 19.4 Å². The fourth-order valence-electron chi connectivity index (χ4n) is 5.07. The van der Waals surface area contributed by atoms with E-state index < -0.39 is 51.1 Å². The van der Waals surface area contributed by atoms with E-state index in [2.05, 4.69) is 30.5 Å². The molecule has 300 valence electrons. The molecule has 0 radical (unpaired) electrons. The van der Waals surface area contributed by atoms with Gasteiger partial charge in [-0.05, 0) is 32.1 Å². The Morgan fingerprint density at radius 2 is 1.08 bits per heavy atom. The Hall–Kier alpha value is -2.56. The molecule has 4 N–H and O–H groups in total. The molecule has 52 heavy (non-hydrogen) atoms. The number of carbonyl (C=O) groups is 3. The lowest BCUT2D eigenvalue weighted by atomic mass is 10.0. The van der Waals surface area contributed by atoms with Gasteiger partial charge in [0, 0.05) is 12.8 Å². The maximum atomic E-state index is 12.5. The van der Waals surface area contributed by atoms with Crippen LogP contribution in [0.25, 0.3) is 0 Å². The lowest BCUT2D eigenvalue weighted by molar-refractivity contribution is -0.161. The number of carboxylic acid groups (broad SMARTS) is 1. The van der Waals surface area contributed by atoms with Crippen molar-refractivity contribution in [2.75, 3.05) is 19.8 Å². The summed E-state index contributed by atoms with van der Waals surface area (Å²) in [5.41, 5.74) is 5.31. The Morgan fingerprint density at radius 3 is 1.62 bits per heavy atom. The van der Waals surface area contributed by atoms with Gasteiger partial charge in [0.15, 0.2) is 6.10 Å². The monoisotopic (exact) mass is 755 g/mol. The lowest BCUT2D eigenvalue weighted by Crippen LogP contribution is -2.34. The van der Waals surface area contributed by atoms with Crippen LogP contribution in [-0.2, 0) is 37.5 Å². The SMILES string of the molecule is CC/C=C/C=C/C=C/C=C/CCCCCC(=O)OC(COC(=O)CCCCCCCCCCCCCCCCC)COP(=O)(O)OC[C@H](N)C(=O)O. The molecule has 0 bridgehead atoms. The lowest BCUT2D eigenvalue weighted by Gasteiger charge is -2.20. The number of phosphoric ester groups is 1. The number of allylic oxidation sites excluding steroid dienone is 8. The molecule has 0 aliphatic carbocycles. The van der Waals surface area contributed by atoms with E-state index in [0.717, 1.165) is 44.9 Å². The largest absolute Gasteiger partial charge is 0.480 e. The van der Waals surface area contributed by atoms with Crippen LogP contribution >= 0.6 is 7.82 Å². The third-order valence-electron chi connectivity index (χ3n) is 8.19. The third-order valence-corrected chi connectivity index (χ3v) is 9.14. The Bertz CT molecular complexity index is 1070. The second-order valence-corrected chi connectivity index (χ2v) is 14.6. The molecule has 0 heterocycles. The second kappa shape index (κ2) is 35.5. The zero-order chi connectivity index (χ0) is 38.5. The van der Waals surface area contributed by atoms with E-state index in [9.17, 15) is 23.8 Å². The molecule has 0 aliphatic rings. The van der Waals surface area contributed by atoms with Crippen molar-refractivity contribution in [3.05, 3.63) is 48.6 Å². The molecule has 0 fully saturated rings. The number of aliphatic carboxylic acids is 1. The van der Waals surface area contributed by atoms with E-state index >= 15 is 0 Å². The molecule has 3 atom stereocenters. The summed E-state index contributed by atoms with van der Waals surface area (Å²) in [4.78, 5) is 45.8. The summed E-state index contributed by atoms with van der Waals surface area (Å²) < 4.78 is 32.5. The summed E-state index contributed by atoms with van der Waals surface area (Å²) in [7, 11) is -4.72. The van der Waals surface area contributed by atoms with Gasteiger partial charge in [-0.3, -0.25) is 23.4 Å². The fraction of sp³-hybridized carbons (Fsp3) is 0.725. The van der Waals surface area contributed by atoms with Crippen molar-refractivity contribution in [1.82, 2.24) is 0 Å².